The molecule has 0 aromatic carbocycles. The van der Waals surface area contributed by atoms with E-state index in [2.05, 4.69) is 43.2 Å². The van der Waals surface area contributed by atoms with Gasteiger partial charge in [0.25, 0.3) is 0 Å². The monoisotopic (exact) mass is 315 g/mol. The second-order valence-electron chi connectivity index (χ2n) is 6.26. The molecule has 2 rings (SSSR count). The Morgan fingerprint density at radius 3 is 2.55 bits per heavy atom. The van der Waals surface area contributed by atoms with Crippen LogP contribution in [0.3, 0.4) is 0 Å². The number of hydrogen-bond donors (Lipinski definition) is 2. The molecule has 0 aromatic heterocycles. The summed E-state index contributed by atoms with van der Waals surface area (Å²) in [6.45, 7) is 5.72. The molecule has 114 valence electrons. The van der Waals surface area contributed by atoms with Gasteiger partial charge in [-0.25, -0.2) is 4.79 Å². The van der Waals surface area contributed by atoms with E-state index in [9.17, 15) is 4.79 Å². The molecule has 0 saturated heterocycles. The highest BCUT2D eigenvalue weighted by atomic mass is 32.2. The highest BCUT2D eigenvalue weighted by Gasteiger charge is 2.31. The van der Waals surface area contributed by atoms with Crippen LogP contribution in [0.5, 0.6) is 0 Å². The molecule has 0 radical (unpaired) electrons. The second-order valence-corrected chi connectivity index (χ2v) is 8.40. The molecule has 20 heavy (non-hydrogen) atoms. The number of carbonyl (C=O) groups excluding carboxylic acids is 1. The van der Waals surface area contributed by atoms with E-state index in [0.29, 0.717) is 6.04 Å². The number of nitrogens with zero attached hydrogens (tertiary/aromatic N) is 1. The molecule has 0 aromatic rings. The molecular weight excluding hydrogens is 290 g/mol. The molecule has 1 aliphatic heterocycles. The Hall–Kier alpha value is -0.130. The van der Waals surface area contributed by atoms with Gasteiger partial charge in [0.15, 0.2) is 4.08 Å². The maximum atomic E-state index is 11.8. The number of esters is 1. The van der Waals surface area contributed by atoms with Crippen LogP contribution < -0.4 is 0 Å². The van der Waals surface area contributed by atoms with Crippen LogP contribution in [0.2, 0.25) is 0 Å². The molecule has 2 aliphatic rings. The Balaban J connectivity index is 1.87. The first-order valence-corrected chi connectivity index (χ1v) is 8.32. The van der Waals surface area contributed by atoms with Gasteiger partial charge >= 0.3 is 5.97 Å². The third-order valence-corrected chi connectivity index (χ3v) is 4.62. The minimum atomic E-state index is -1.03. The molecule has 1 atom stereocenters. The molecule has 1 saturated carbocycles. The van der Waals surface area contributed by atoms with Crippen LogP contribution in [-0.4, -0.2) is 40.2 Å². The van der Waals surface area contributed by atoms with E-state index in [1.54, 1.807) is 6.92 Å². The van der Waals surface area contributed by atoms with Crippen molar-refractivity contribution in [2.24, 2.45) is 5.92 Å². The SMILES string of the molecule is CC1CCC(N2CC=CC(OC(=O)C(C)(S)S)C2)CC1. The Labute approximate surface area is 132 Å². The van der Waals surface area contributed by atoms with Crippen LogP contribution in [0.1, 0.15) is 39.5 Å². The predicted molar refractivity (Wildman–Crippen MR) is 88.4 cm³/mol. The lowest BCUT2D eigenvalue weighted by Gasteiger charge is -2.38. The Morgan fingerprint density at radius 1 is 1.30 bits per heavy atom. The third-order valence-electron chi connectivity index (χ3n) is 4.25. The van der Waals surface area contributed by atoms with Crippen LogP contribution in [-0.2, 0) is 9.53 Å². The van der Waals surface area contributed by atoms with Gasteiger partial charge in [0, 0.05) is 19.1 Å². The van der Waals surface area contributed by atoms with Crippen LogP contribution in [0.25, 0.3) is 0 Å². The molecule has 0 amide bonds. The van der Waals surface area contributed by atoms with Gasteiger partial charge < -0.3 is 4.74 Å². The molecule has 0 spiro atoms. The first kappa shape index (κ1) is 16.2. The number of rotatable bonds is 3. The van der Waals surface area contributed by atoms with Crippen molar-refractivity contribution >= 4 is 31.2 Å². The number of ether oxygens (including phenoxy) is 1. The van der Waals surface area contributed by atoms with E-state index in [0.717, 1.165) is 19.0 Å². The molecule has 3 nitrogen and oxygen atoms in total. The van der Waals surface area contributed by atoms with Crippen molar-refractivity contribution in [2.75, 3.05) is 13.1 Å². The topological polar surface area (TPSA) is 29.5 Å². The van der Waals surface area contributed by atoms with Gasteiger partial charge in [-0.3, -0.25) is 4.90 Å². The maximum Gasteiger partial charge on any atom is 0.332 e. The minimum absolute atomic E-state index is 0.172. The average molecular weight is 316 g/mol. The first-order chi connectivity index (χ1) is 9.36. The molecule has 1 fully saturated rings. The summed E-state index contributed by atoms with van der Waals surface area (Å²) in [6, 6.07) is 0.635. The molecular formula is C15H25NO2S2. The van der Waals surface area contributed by atoms with Crippen LogP contribution in [0.15, 0.2) is 12.2 Å². The summed E-state index contributed by atoms with van der Waals surface area (Å²) in [5.74, 6) is 0.479. The predicted octanol–water partition coefficient (Wildman–Crippen LogP) is 2.92. The van der Waals surface area contributed by atoms with Gasteiger partial charge in [-0.2, -0.15) is 25.3 Å². The average Bonchev–Trinajstić information content (AvgIpc) is 2.39. The van der Waals surface area contributed by atoms with Crippen molar-refractivity contribution in [3.05, 3.63) is 12.2 Å². The quantitative estimate of drug-likeness (QED) is 0.363. The fourth-order valence-electron chi connectivity index (χ4n) is 2.95. The number of carbonyl (C=O) groups is 1. The van der Waals surface area contributed by atoms with E-state index in [1.165, 1.54) is 25.7 Å². The number of thiol groups is 2. The van der Waals surface area contributed by atoms with E-state index in [1.807, 2.05) is 6.08 Å². The zero-order chi connectivity index (χ0) is 14.8. The largest absolute Gasteiger partial charge is 0.455 e. The molecule has 1 aliphatic carbocycles. The van der Waals surface area contributed by atoms with Crippen molar-refractivity contribution in [1.82, 2.24) is 4.90 Å². The van der Waals surface area contributed by atoms with E-state index >= 15 is 0 Å². The van der Waals surface area contributed by atoms with Crippen LogP contribution in [0, 0.1) is 5.92 Å². The summed E-state index contributed by atoms with van der Waals surface area (Å²) in [6.07, 6.45) is 9.04. The highest BCUT2D eigenvalue weighted by molar-refractivity contribution is 8.01. The maximum absolute atomic E-state index is 11.8. The molecule has 1 heterocycles. The number of hydrogen-bond acceptors (Lipinski definition) is 5. The smallest absolute Gasteiger partial charge is 0.332 e. The van der Waals surface area contributed by atoms with E-state index < -0.39 is 4.08 Å². The van der Waals surface area contributed by atoms with Crippen molar-refractivity contribution in [2.45, 2.75) is 55.8 Å². The van der Waals surface area contributed by atoms with Crippen LogP contribution >= 0.6 is 25.3 Å². The molecule has 0 N–H and O–H groups in total. The lowest BCUT2D eigenvalue weighted by atomic mass is 9.86. The van der Waals surface area contributed by atoms with Gasteiger partial charge in [0.2, 0.25) is 0 Å². The summed E-state index contributed by atoms with van der Waals surface area (Å²) in [5, 5.41) is 0. The second kappa shape index (κ2) is 6.75. The Kier molecular flexibility index (Phi) is 5.49. The Bertz CT molecular complexity index is 371. The summed E-state index contributed by atoms with van der Waals surface area (Å²) in [5.41, 5.74) is 0. The van der Waals surface area contributed by atoms with Crippen molar-refractivity contribution < 1.29 is 9.53 Å². The van der Waals surface area contributed by atoms with Crippen molar-refractivity contribution in [3.8, 4) is 0 Å². The first-order valence-electron chi connectivity index (χ1n) is 7.43. The van der Waals surface area contributed by atoms with Crippen molar-refractivity contribution in [3.63, 3.8) is 0 Å². The Morgan fingerprint density at radius 2 is 1.95 bits per heavy atom. The zero-order valence-corrected chi connectivity index (χ0v) is 14.1. The van der Waals surface area contributed by atoms with Gasteiger partial charge in [-0.15, -0.1) is 0 Å². The third kappa shape index (κ3) is 4.43. The summed E-state index contributed by atoms with van der Waals surface area (Å²) < 4.78 is 4.45. The van der Waals surface area contributed by atoms with E-state index in [-0.39, 0.29) is 12.1 Å². The van der Waals surface area contributed by atoms with Gasteiger partial charge in [0.05, 0.1) is 0 Å². The summed E-state index contributed by atoms with van der Waals surface area (Å²) >= 11 is 8.27. The standard InChI is InChI=1S/C15H25NO2S2/c1-11-5-7-12(8-6-11)16-9-3-4-13(10-16)18-14(17)15(2,19)20/h3-4,11-13,19-20H,5-10H2,1-2H3. The zero-order valence-electron chi connectivity index (χ0n) is 12.3. The molecule has 1 unspecified atom stereocenters. The summed E-state index contributed by atoms with van der Waals surface area (Å²) in [7, 11) is 0. The van der Waals surface area contributed by atoms with Crippen molar-refractivity contribution in [1.29, 1.82) is 0 Å². The van der Waals surface area contributed by atoms with Gasteiger partial charge in [0.1, 0.15) is 6.10 Å². The van der Waals surface area contributed by atoms with Crippen LogP contribution in [0.4, 0.5) is 0 Å². The lowest BCUT2D eigenvalue weighted by molar-refractivity contribution is -0.148. The molecule has 0 bridgehead atoms. The van der Waals surface area contributed by atoms with Gasteiger partial charge in [-0.1, -0.05) is 13.0 Å². The fourth-order valence-corrected chi connectivity index (χ4v) is 3.05. The fraction of sp³-hybridized carbons (Fsp3) is 0.800. The van der Waals surface area contributed by atoms with E-state index in [4.69, 9.17) is 4.74 Å². The minimum Gasteiger partial charge on any atom is -0.455 e. The molecule has 5 heteroatoms. The highest BCUT2D eigenvalue weighted by Crippen LogP contribution is 2.28. The normalized spacial score (nSPS) is 32.1. The summed E-state index contributed by atoms with van der Waals surface area (Å²) in [4.78, 5) is 14.3. The lowest BCUT2D eigenvalue weighted by Crippen LogP contribution is -2.46. The van der Waals surface area contributed by atoms with Gasteiger partial charge in [-0.05, 0) is 44.6 Å².